The number of amides is 1. The second-order valence-electron chi connectivity index (χ2n) is 6.97. The molecule has 6 nitrogen and oxygen atoms in total. The number of carbonyl (C=O) groups excluding carboxylic acids is 2. The van der Waals surface area contributed by atoms with E-state index in [4.69, 9.17) is 14.2 Å². The number of ether oxygens (including phenoxy) is 3. The maximum absolute atomic E-state index is 11.7. The number of carbonyl (C=O) groups is 2. The predicted molar refractivity (Wildman–Crippen MR) is 96.6 cm³/mol. The molecule has 0 spiro atoms. The van der Waals surface area contributed by atoms with Gasteiger partial charge >= 0.3 is 0 Å². The summed E-state index contributed by atoms with van der Waals surface area (Å²) in [6, 6.07) is 0. The quantitative estimate of drug-likeness (QED) is 0.513. The van der Waals surface area contributed by atoms with Crippen LogP contribution in [0.5, 0.6) is 0 Å². The fourth-order valence-corrected chi connectivity index (χ4v) is 2.87. The lowest BCUT2D eigenvalue weighted by Crippen LogP contribution is -2.29. The molecule has 0 aromatic carbocycles. The Balaban J connectivity index is 1.92. The zero-order valence-corrected chi connectivity index (χ0v) is 16.1. The third-order valence-electron chi connectivity index (χ3n) is 4.15. The molecule has 1 aliphatic rings. The highest BCUT2D eigenvalue weighted by Crippen LogP contribution is 2.24. The highest BCUT2D eigenvalue weighted by atomic mass is 16.5. The summed E-state index contributed by atoms with van der Waals surface area (Å²) in [6.07, 6.45) is 6.83. The topological polar surface area (TPSA) is 73.9 Å². The molecule has 146 valence electrons. The smallest absolute Gasteiger partial charge is 0.220 e. The SMILES string of the molecule is CC(=O)CCOCCNC(=O)CCCO[C@H]1CC[C@H](OC(C)C)CC1. The Kier molecular flexibility index (Phi) is 11.7. The van der Waals surface area contributed by atoms with Crippen LogP contribution < -0.4 is 5.32 Å². The Morgan fingerprint density at radius 2 is 1.68 bits per heavy atom. The molecule has 1 saturated carbocycles. The van der Waals surface area contributed by atoms with Crippen molar-refractivity contribution in [2.45, 2.75) is 84.0 Å². The van der Waals surface area contributed by atoms with Crippen molar-refractivity contribution in [3.8, 4) is 0 Å². The summed E-state index contributed by atoms with van der Waals surface area (Å²) in [5.41, 5.74) is 0. The molecular formula is C19H35NO5. The first-order chi connectivity index (χ1) is 12.0. The lowest BCUT2D eigenvalue weighted by Gasteiger charge is -2.29. The molecule has 0 bridgehead atoms. The summed E-state index contributed by atoms with van der Waals surface area (Å²) in [5, 5.41) is 2.81. The molecule has 0 radical (unpaired) electrons. The van der Waals surface area contributed by atoms with Gasteiger partial charge in [-0.15, -0.1) is 0 Å². The van der Waals surface area contributed by atoms with E-state index in [1.807, 2.05) is 0 Å². The summed E-state index contributed by atoms with van der Waals surface area (Å²) in [4.78, 5) is 22.4. The Hall–Kier alpha value is -0.980. The van der Waals surface area contributed by atoms with Crippen molar-refractivity contribution in [1.82, 2.24) is 5.32 Å². The Bertz CT molecular complexity index is 378. The van der Waals surface area contributed by atoms with Crippen LogP contribution in [-0.4, -0.2) is 56.4 Å². The van der Waals surface area contributed by atoms with Crippen LogP contribution in [0.2, 0.25) is 0 Å². The molecule has 0 atom stereocenters. The van der Waals surface area contributed by atoms with Crippen LogP contribution in [0, 0.1) is 0 Å². The van der Waals surface area contributed by atoms with Crippen LogP contribution in [0.15, 0.2) is 0 Å². The lowest BCUT2D eigenvalue weighted by atomic mass is 9.95. The Morgan fingerprint density at radius 3 is 2.32 bits per heavy atom. The molecule has 0 unspecified atom stereocenters. The fraction of sp³-hybridized carbons (Fsp3) is 0.895. The number of rotatable bonds is 13. The number of Topliss-reactive ketones (excluding diaryl/α,β-unsaturated/α-hetero) is 1. The van der Waals surface area contributed by atoms with Crippen LogP contribution in [0.4, 0.5) is 0 Å². The second-order valence-corrected chi connectivity index (χ2v) is 6.97. The Labute approximate surface area is 152 Å². The van der Waals surface area contributed by atoms with Gasteiger partial charge in [-0.1, -0.05) is 0 Å². The zero-order valence-electron chi connectivity index (χ0n) is 16.1. The van der Waals surface area contributed by atoms with Gasteiger partial charge in [0.15, 0.2) is 0 Å². The van der Waals surface area contributed by atoms with E-state index < -0.39 is 0 Å². The monoisotopic (exact) mass is 357 g/mol. The van der Waals surface area contributed by atoms with Crippen molar-refractivity contribution in [3.63, 3.8) is 0 Å². The summed E-state index contributed by atoms with van der Waals surface area (Å²) in [5.74, 6) is 0.137. The minimum absolute atomic E-state index is 0.0211. The molecule has 6 heteroatoms. The van der Waals surface area contributed by atoms with Gasteiger partial charge in [-0.2, -0.15) is 0 Å². The van der Waals surface area contributed by atoms with Crippen LogP contribution in [0.1, 0.15) is 65.7 Å². The average Bonchev–Trinajstić information content (AvgIpc) is 2.55. The van der Waals surface area contributed by atoms with Gasteiger partial charge in [0, 0.05) is 26.0 Å². The van der Waals surface area contributed by atoms with E-state index in [1.165, 1.54) is 6.92 Å². The van der Waals surface area contributed by atoms with Gasteiger partial charge in [-0.3, -0.25) is 9.59 Å². The second kappa shape index (κ2) is 13.3. The summed E-state index contributed by atoms with van der Waals surface area (Å²) >= 11 is 0. The first kappa shape index (κ1) is 22.1. The molecule has 1 amide bonds. The van der Waals surface area contributed by atoms with Gasteiger partial charge in [-0.05, 0) is 52.9 Å². The fourth-order valence-electron chi connectivity index (χ4n) is 2.87. The summed E-state index contributed by atoms with van der Waals surface area (Å²) < 4.78 is 17.0. The maximum atomic E-state index is 11.7. The maximum Gasteiger partial charge on any atom is 0.220 e. The minimum atomic E-state index is 0.0211. The largest absolute Gasteiger partial charge is 0.379 e. The molecule has 25 heavy (non-hydrogen) atoms. The first-order valence-electron chi connectivity index (χ1n) is 9.58. The van der Waals surface area contributed by atoms with E-state index in [2.05, 4.69) is 19.2 Å². The first-order valence-corrected chi connectivity index (χ1v) is 9.58. The molecule has 0 aliphatic heterocycles. The van der Waals surface area contributed by atoms with E-state index in [-0.39, 0.29) is 11.7 Å². The van der Waals surface area contributed by atoms with Gasteiger partial charge in [-0.25, -0.2) is 0 Å². The summed E-state index contributed by atoms with van der Waals surface area (Å²) in [7, 11) is 0. The molecule has 1 rings (SSSR count). The van der Waals surface area contributed by atoms with Gasteiger partial charge in [0.2, 0.25) is 5.91 Å². The molecule has 0 aromatic rings. The van der Waals surface area contributed by atoms with Crippen molar-refractivity contribution < 1.29 is 23.8 Å². The molecule has 1 aliphatic carbocycles. The normalized spacial score (nSPS) is 20.6. The van der Waals surface area contributed by atoms with Gasteiger partial charge in [0.1, 0.15) is 5.78 Å². The molecular weight excluding hydrogens is 322 g/mol. The van der Waals surface area contributed by atoms with Crippen LogP contribution in [0.25, 0.3) is 0 Å². The van der Waals surface area contributed by atoms with Crippen molar-refractivity contribution in [2.75, 3.05) is 26.4 Å². The van der Waals surface area contributed by atoms with Crippen molar-refractivity contribution in [2.24, 2.45) is 0 Å². The van der Waals surface area contributed by atoms with E-state index in [9.17, 15) is 9.59 Å². The number of hydrogen-bond acceptors (Lipinski definition) is 5. The highest BCUT2D eigenvalue weighted by molar-refractivity contribution is 5.76. The predicted octanol–water partition coefficient (Wildman–Crippen LogP) is 2.63. The Morgan fingerprint density at radius 1 is 1.00 bits per heavy atom. The molecule has 1 fully saturated rings. The highest BCUT2D eigenvalue weighted by Gasteiger charge is 2.22. The van der Waals surface area contributed by atoms with Gasteiger partial charge in [0.05, 0.1) is 31.5 Å². The third kappa shape index (κ3) is 12.1. The van der Waals surface area contributed by atoms with Gasteiger partial charge < -0.3 is 19.5 Å². The number of ketones is 1. The third-order valence-corrected chi connectivity index (χ3v) is 4.15. The van der Waals surface area contributed by atoms with E-state index >= 15 is 0 Å². The van der Waals surface area contributed by atoms with E-state index in [0.29, 0.717) is 57.5 Å². The molecule has 0 heterocycles. The van der Waals surface area contributed by atoms with E-state index in [0.717, 1.165) is 32.1 Å². The van der Waals surface area contributed by atoms with Gasteiger partial charge in [0.25, 0.3) is 0 Å². The van der Waals surface area contributed by atoms with Crippen molar-refractivity contribution in [1.29, 1.82) is 0 Å². The number of hydrogen-bond donors (Lipinski definition) is 1. The number of nitrogens with one attached hydrogen (secondary N) is 1. The van der Waals surface area contributed by atoms with Crippen molar-refractivity contribution >= 4 is 11.7 Å². The summed E-state index contributed by atoms with van der Waals surface area (Å²) in [6.45, 7) is 7.66. The molecule has 0 saturated heterocycles. The van der Waals surface area contributed by atoms with Crippen LogP contribution in [0.3, 0.4) is 0 Å². The minimum Gasteiger partial charge on any atom is -0.379 e. The molecule has 1 N–H and O–H groups in total. The standard InChI is InChI=1S/C19H35NO5/c1-15(2)25-18-8-6-17(7-9-18)24-12-4-5-19(22)20-11-14-23-13-10-16(3)21/h15,17-18H,4-14H2,1-3H3,(H,20,22)/t17-,18-. The van der Waals surface area contributed by atoms with Crippen molar-refractivity contribution in [3.05, 3.63) is 0 Å². The average molecular weight is 357 g/mol. The van der Waals surface area contributed by atoms with E-state index in [1.54, 1.807) is 0 Å². The molecule has 0 aromatic heterocycles. The van der Waals surface area contributed by atoms with Crippen LogP contribution in [-0.2, 0) is 23.8 Å². The lowest BCUT2D eigenvalue weighted by molar-refractivity contribution is -0.122. The van der Waals surface area contributed by atoms with Crippen LogP contribution >= 0.6 is 0 Å². The zero-order chi connectivity index (χ0) is 18.5.